The lowest BCUT2D eigenvalue weighted by atomic mass is 9.45. The number of esters is 4. The van der Waals surface area contributed by atoms with Gasteiger partial charge in [-0.3, -0.25) is 28.8 Å². The lowest BCUT2D eigenvalue weighted by Crippen LogP contribution is -2.62. The number of methoxy groups -OCH3 is 2. The number of fused-ring (bicyclic) bond motifs is 7. The van der Waals surface area contributed by atoms with Gasteiger partial charge >= 0.3 is 36.2 Å². The summed E-state index contributed by atoms with van der Waals surface area (Å²) in [5, 5.41) is 30.3. The number of halogens is 2. The average Bonchev–Trinajstić information content (AvgIpc) is 1.57. The number of hydrogen-bond donors (Lipinski definition) is 4. The summed E-state index contributed by atoms with van der Waals surface area (Å²) in [7, 11) is 2.73. The van der Waals surface area contributed by atoms with E-state index in [0.29, 0.717) is 97.1 Å². The number of aromatic nitrogens is 2. The van der Waals surface area contributed by atoms with Crippen LogP contribution in [0.15, 0.2) is 45.8 Å². The Labute approximate surface area is 572 Å². The fourth-order valence-corrected chi connectivity index (χ4v) is 16.6. The Morgan fingerprint density at radius 2 is 1.17 bits per heavy atom. The first-order chi connectivity index (χ1) is 47.8. The summed E-state index contributed by atoms with van der Waals surface area (Å²) in [5.41, 5.74) is -4.32. The number of allylic oxidation sites excluding steroid dienone is 1. The van der Waals surface area contributed by atoms with E-state index in [1.54, 1.807) is 22.1 Å². The number of hydrogen-bond acceptors (Lipinski definition) is 26. The molecule has 2 saturated heterocycles. The van der Waals surface area contributed by atoms with E-state index in [1.165, 1.54) is 26.6 Å². The van der Waals surface area contributed by atoms with Gasteiger partial charge in [0.05, 0.1) is 55.0 Å². The maximum absolute atomic E-state index is 16.1. The Hall–Kier alpha value is -8.74. The van der Waals surface area contributed by atoms with Crippen LogP contribution in [0, 0.1) is 40.2 Å². The third-order valence-electron chi connectivity index (χ3n) is 21.7. The normalized spacial score (nSPS) is 26.6. The number of nitrogens with zero attached hydrogens (tertiary/aromatic N) is 4. The highest BCUT2D eigenvalue weighted by Crippen LogP contribution is 2.68. The van der Waals surface area contributed by atoms with E-state index in [4.69, 9.17) is 47.4 Å². The van der Waals surface area contributed by atoms with Gasteiger partial charge in [0, 0.05) is 87.7 Å². The second kappa shape index (κ2) is 28.7. The number of carbonyl (C=O) groups excluding carboxylic acids is 8. The Kier molecular flexibility index (Phi) is 20.4. The maximum Gasteiger partial charge on any atom is 0.511 e. The molecular formula is C70H84F2N6O22. The molecule has 7 fully saturated rings. The minimum absolute atomic E-state index is 0.0290. The molecular weight excluding hydrogens is 1310 g/mol. The summed E-state index contributed by atoms with van der Waals surface area (Å²) in [6, 6.07) is 1.82. The van der Waals surface area contributed by atoms with E-state index in [1.807, 2.05) is 23.6 Å². The minimum Gasteiger partial charge on any atom is -0.492 e. The van der Waals surface area contributed by atoms with E-state index < -0.39 is 150 Å². The summed E-state index contributed by atoms with van der Waals surface area (Å²) >= 11 is 0. The van der Waals surface area contributed by atoms with Crippen LogP contribution < -0.4 is 40.8 Å². The van der Waals surface area contributed by atoms with Crippen LogP contribution in [0.5, 0.6) is 11.5 Å². The number of ketones is 2. The highest BCUT2D eigenvalue weighted by Gasteiger charge is 2.68. The zero-order valence-corrected chi connectivity index (χ0v) is 56.7. The Bertz CT molecular complexity index is 3930. The molecule has 6 aliphatic carbocycles. The number of aliphatic hydroxyl groups is 2. The van der Waals surface area contributed by atoms with E-state index in [0.717, 1.165) is 17.7 Å². The van der Waals surface area contributed by atoms with Gasteiger partial charge in [-0.2, -0.15) is 0 Å². The molecule has 0 bridgehead atoms. The maximum atomic E-state index is 16.1. The van der Waals surface area contributed by atoms with Crippen LogP contribution in [0.25, 0.3) is 21.8 Å². The predicted octanol–water partition coefficient (Wildman–Crippen LogP) is 6.15. The van der Waals surface area contributed by atoms with Gasteiger partial charge in [-0.1, -0.05) is 19.4 Å². The fraction of sp³-hybridized carbons (Fsp3) is 0.600. The standard InChI is InChI=1S/C70H84F2N6O22/c1-36-27-75(21-19-73-36)58-49(71)24-44-56(62(58)91-5)77(39-8-9-39)29-46(60(44)84)64(86)96-34-98-66(88)94-31-42(32-95-67(89)99-35-97-65(87)47-30-78(40-10-11-40)57-45(61(47)85)25-50(72)59(63(57)92-6)76-22-20-74-37(2)28-76)100-54(83)14-13-53(82)93-33-52(81)70(90)18-16-48-43-12-7-38-23-41(79)15-17-68(38,3)55(43)51(80)26-69(48,70)4/h23-25,29-30,36-37,39-40,42-43,48,51,55,73-74,80,90H,7-22,26-28,31-35H2,1-6H3/t36?,37?,42?,43-,48-,51-,55?,68-,69-,70-/m0/s1. The first-order valence-corrected chi connectivity index (χ1v) is 34.1. The van der Waals surface area contributed by atoms with Crippen molar-refractivity contribution in [2.45, 2.75) is 153 Å². The van der Waals surface area contributed by atoms with Crippen LogP contribution >= 0.6 is 0 Å². The number of nitrogens with one attached hydrogen (secondary N) is 2. The number of pyridine rings is 2. The number of Topliss-reactive ketones (excluding diaryl/α,β-unsaturated/α-hetero) is 1. The molecule has 0 radical (unpaired) electrons. The number of anilines is 2. The smallest absolute Gasteiger partial charge is 0.492 e. The first kappa shape index (κ1) is 71.1. The zero-order valence-electron chi connectivity index (χ0n) is 56.7. The number of rotatable bonds is 23. The SMILES string of the molecule is COc1c(N2CCNC(C)C2)c(F)cc2c(=O)c(C(=O)OCOC(=O)OCC(COC(=O)OCOC(=O)c3cn(C4CC4)c4c(OC)c(N5CCNC(C)C5)c(F)cc4c3=O)OC(=O)CCC(=O)OCC(=O)[C@@]3(O)CC[C@H]4[C@@H]5CCC6=CC(=O)CC[C@]6(C)C5[C@@H](O)C[C@@]43C)cn(C3CC3)c12. The molecule has 0 spiro atoms. The van der Waals surface area contributed by atoms with Crippen molar-refractivity contribution < 1.29 is 105 Å². The summed E-state index contributed by atoms with van der Waals surface area (Å²) in [6.07, 6.45) is 2.88. The molecule has 30 heteroatoms. The van der Waals surface area contributed by atoms with E-state index in [-0.39, 0.29) is 105 Å². The highest BCUT2D eigenvalue weighted by atomic mass is 19.1. The second-order valence-electron chi connectivity index (χ2n) is 28.1. The molecule has 4 heterocycles. The number of carbonyl (C=O) groups is 8. The zero-order chi connectivity index (χ0) is 71.3. The number of aliphatic hydroxyl groups excluding tert-OH is 1. The molecule has 5 saturated carbocycles. The fourth-order valence-electron chi connectivity index (χ4n) is 16.6. The van der Waals surface area contributed by atoms with Gasteiger partial charge in [0.1, 0.15) is 41.3 Å². The molecule has 2 aromatic carbocycles. The van der Waals surface area contributed by atoms with Crippen LogP contribution in [0.1, 0.15) is 144 Å². The highest BCUT2D eigenvalue weighted by molar-refractivity contribution is 5.99. The molecule has 28 nitrogen and oxygen atoms in total. The lowest BCUT2D eigenvalue weighted by molar-refractivity contribution is -0.184. The molecule has 540 valence electrons. The van der Waals surface area contributed by atoms with Crippen molar-refractivity contribution in [2.24, 2.45) is 28.6 Å². The molecule has 4 N–H and O–H groups in total. The van der Waals surface area contributed by atoms with Gasteiger partial charge in [0.2, 0.25) is 30.2 Å². The van der Waals surface area contributed by atoms with Crippen molar-refractivity contribution in [1.82, 2.24) is 19.8 Å². The summed E-state index contributed by atoms with van der Waals surface area (Å²) in [6.45, 7) is 5.75. The summed E-state index contributed by atoms with van der Waals surface area (Å²) in [5.74, 6) is -7.03. The number of piperazine rings is 2. The third kappa shape index (κ3) is 13.8. The summed E-state index contributed by atoms with van der Waals surface area (Å²) in [4.78, 5) is 138. The van der Waals surface area contributed by atoms with Crippen molar-refractivity contribution >= 4 is 80.9 Å². The van der Waals surface area contributed by atoms with Gasteiger partial charge in [0.15, 0.2) is 41.6 Å². The predicted molar refractivity (Wildman–Crippen MR) is 349 cm³/mol. The quantitative estimate of drug-likeness (QED) is 0.0367. The molecule has 4 aromatic rings. The molecule has 12 rings (SSSR count). The van der Waals surface area contributed by atoms with Crippen molar-refractivity contribution in [3.8, 4) is 11.5 Å². The Morgan fingerprint density at radius 1 is 0.660 bits per heavy atom. The average molecular weight is 1400 g/mol. The molecule has 2 aliphatic heterocycles. The minimum atomic E-state index is -1.97. The van der Waals surface area contributed by atoms with Crippen molar-refractivity contribution in [2.75, 3.05) is 96.7 Å². The van der Waals surface area contributed by atoms with Crippen LogP contribution in [0.3, 0.4) is 0 Å². The Morgan fingerprint density at radius 3 is 1.66 bits per heavy atom. The van der Waals surface area contributed by atoms with Crippen LogP contribution in [0.2, 0.25) is 0 Å². The number of ether oxygens (including phenoxy) is 10. The largest absolute Gasteiger partial charge is 0.511 e. The summed E-state index contributed by atoms with van der Waals surface area (Å²) < 4.78 is 88.2. The van der Waals surface area contributed by atoms with Crippen molar-refractivity contribution in [3.05, 3.63) is 79.4 Å². The van der Waals surface area contributed by atoms with Crippen LogP contribution in [0.4, 0.5) is 29.7 Å². The third-order valence-corrected chi connectivity index (χ3v) is 21.7. The van der Waals surface area contributed by atoms with Crippen molar-refractivity contribution in [3.63, 3.8) is 0 Å². The van der Waals surface area contributed by atoms with E-state index in [9.17, 15) is 58.2 Å². The lowest BCUT2D eigenvalue weighted by Gasteiger charge is -2.60. The van der Waals surface area contributed by atoms with E-state index in [2.05, 4.69) is 17.6 Å². The monoisotopic (exact) mass is 1400 g/mol. The van der Waals surface area contributed by atoms with Gasteiger partial charge in [0.25, 0.3) is 0 Å². The molecule has 100 heavy (non-hydrogen) atoms. The molecule has 3 unspecified atom stereocenters. The van der Waals surface area contributed by atoms with E-state index >= 15 is 8.78 Å². The first-order valence-electron chi connectivity index (χ1n) is 34.1. The van der Waals surface area contributed by atoms with Gasteiger partial charge in [-0.15, -0.1) is 0 Å². The number of benzene rings is 2. The molecule has 8 aliphatic rings. The molecule has 2 aromatic heterocycles. The molecule has 0 amide bonds. The molecule has 9 atom stereocenters. The Balaban J connectivity index is 0.676. The topological polar surface area (TPSA) is 344 Å². The van der Waals surface area contributed by atoms with Gasteiger partial charge in [-0.05, 0) is 119 Å². The second-order valence-corrected chi connectivity index (χ2v) is 28.1. The van der Waals surface area contributed by atoms with Gasteiger partial charge in [-0.25, -0.2) is 28.0 Å². The van der Waals surface area contributed by atoms with Crippen molar-refractivity contribution in [1.29, 1.82) is 0 Å². The van der Waals surface area contributed by atoms with Crippen LogP contribution in [-0.2, 0) is 57.1 Å². The van der Waals surface area contributed by atoms with Crippen LogP contribution in [-0.4, -0.2) is 184 Å². The van der Waals surface area contributed by atoms with Gasteiger partial charge < -0.3 is 87.1 Å².